The van der Waals surface area contributed by atoms with Crippen molar-refractivity contribution in [1.82, 2.24) is 4.72 Å². The number of fused-ring (bicyclic) bond motifs is 1. The summed E-state index contributed by atoms with van der Waals surface area (Å²) in [6.07, 6.45) is 3.19. The highest BCUT2D eigenvalue weighted by atomic mass is 35.5. The van der Waals surface area contributed by atoms with Crippen molar-refractivity contribution in [3.63, 3.8) is 0 Å². The molecule has 1 unspecified atom stereocenters. The van der Waals surface area contributed by atoms with E-state index in [-0.39, 0.29) is 22.8 Å². The molecule has 2 aromatic carbocycles. The third kappa shape index (κ3) is 3.95. The van der Waals surface area contributed by atoms with Gasteiger partial charge < -0.3 is 4.90 Å². The Bertz CT molecular complexity index is 1000. The zero-order valence-corrected chi connectivity index (χ0v) is 17.3. The number of carbonyl (C=O) groups excluding carboxylic acids is 1. The summed E-state index contributed by atoms with van der Waals surface area (Å²) < 4.78 is 28.0. The number of rotatable bonds is 6. The second kappa shape index (κ2) is 7.50. The van der Waals surface area contributed by atoms with Crippen molar-refractivity contribution in [2.75, 3.05) is 11.4 Å². The van der Waals surface area contributed by atoms with Crippen molar-refractivity contribution in [2.45, 2.75) is 43.5 Å². The third-order valence-corrected chi connectivity index (χ3v) is 7.07. The molecule has 28 heavy (non-hydrogen) atoms. The molecular formula is C21H23ClN2O3S. The van der Waals surface area contributed by atoms with Gasteiger partial charge in [-0.25, -0.2) is 13.1 Å². The number of nitrogens with one attached hydrogen (secondary N) is 1. The molecule has 1 amide bonds. The molecule has 0 spiro atoms. The number of halogens is 1. The number of amides is 1. The number of benzene rings is 2. The van der Waals surface area contributed by atoms with Crippen LogP contribution in [0.15, 0.2) is 47.4 Å². The minimum atomic E-state index is -3.60. The monoisotopic (exact) mass is 418 g/mol. The fraction of sp³-hybridized carbons (Fsp3) is 0.381. The second-order valence-corrected chi connectivity index (χ2v) is 9.80. The van der Waals surface area contributed by atoms with Gasteiger partial charge in [-0.2, -0.15) is 0 Å². The van der Waals surface area contributed by atoms with E-state index in [0.29, 0.717) is 24.4 Å². The lowest BCUT2D eigenvalue weighted by atomic mass is 10.1. The first-order chi connectivity index (χ1) is 13.3. The summed E-state index contributed by atoms with van der Waals surface area (Å²) in [4.78, 5) is 14.6. The van der Waals surface area contributed by atoms with Crippen LogP contribution in [-0.2, 0) is 27.7 Å². The topological polar surface area (TPSA) is 66.5 Å². The number of anilines is 1. The van der Waals surface area contributed by atoms with Gasteiger partial charge in [-0.3, -0.25) is 4.79 Å². The van der Waals surface area contributed by atoms with E-state index < -0.39 is 10.0 Å². The quantitative estimate of drug-likeness (QED) is 0.780. The minimum absolute atomic E-state index is 0.0684. The molecule has 1 saturated carbocycles. The van der Waals surface area contributed by atoms with Crippen LogP contribution in [0.3, 0.4) is 0 Å². The normalized spacial score (nSPS) is 18.9. The molecule has 5 nitrogen and oxygen atoms in total. The molecule has 1 heterocycles. The van der Waals surface area contributed by atoms with Crippen LogP contribution in [0.25, 0.3) is 0 Å². The lowest BCUT2D eigenvalue weighted by Gasteiger charge is -2.22. The van der Waals surface area contributed by atoms with E-state index in [1.165, 1.54) is 0 Å². The predicted octanol–water partition coefficient (Wildman–Crippen LogP) is 3.55. The molecule has 0 radical (unpaired) electrons. The van der Waals surface area contributed by atoms with Gasteiger partial charge in [-0.1, -0.05) is 23.7 Å². The SMILES string of the molecule is CC1Cc2cc(S(=O)(=O)NCCc3ccc(Cl)cc3)ccc2N1C(=O)C1CC1. The summed E-state index contributed by atoms with van der Waals surface area (Å²) >= 11 is 5.87. The first kappa shape index (κ1) is 19.4. The molecule has 148 valence electrons. The molecule has 2 aliphatic rings. The van der Waals surface area contributed by atoms with E-state index >= 15 is 0 Å². The first-order valence-corrected chi connectivity index (χ1v) is 11.4. The van der Waals surface area contributed by atoms with Crippen LogP contribution in [-0.4, -0.2) is 26.9 Å². The van der Waals surface area contributed by atoms with E-state index in [4.69, 9.17) is 11.6 Å². The number of hydrogen-bond donors (Lipinski definition) is 1. The maximum atomic E-state index is 12.7. The van der Waals surface area contributed by atoms with Crippen LogP contribution in [0, 0.1) is 5.92 Å². The van der Waals surface area contributed by atoms with Crippen molar-refractivity contribution in [3.05, 3.63) is 58.6 Å². The van der Waals surface area contributed by atoms with Gasteiger partial charge >= 0.3 is 0 Å². The number of nitrogens with zero attached hydrogens (tertiary/aromatic N) is 1. The maximum Gasteiger partial charge on any atom is 0.240 e. The smallest absolute Gasteiger partial charge is 0.240 e. The molecule has 0 saturated heterocycles. The zero-order valence-electron chi connectivity index (χ0n) is 15.7. The van der Waals surface area contributed by atoms with Gasteiger partial charge in [0.1, 0.15) is 0 Å². The van der Waals surface area contributed by atoms with Gasteiger partial charge in [0, 0.05) is 29.2 Å². The Morgan fingerprint density at radius 1 is 1.18 bits per heavy atom. The Morgan fingerprint density at radius 2 is 1.89 bits per heavy atom. The summed E-state index contributed by atoms with van der Waals surface area (Å²) in [7, 11) is -3.60. The van der Waals surface area contributed by atoms with Gasteiger partial charge in [-0.05, 0) is 74.1 Å². The van der Waals surface area contributed by atoms with Crippen molar-refractivity contribution in [2.24, 2.45) is 5.92 Å². The van der Waals surface area contributed by atoms with E-state index in [1.54, 1.807) is 30.3 Å². The highest BCUT2D eigenvalue weighted by Gasteiger charge is 2.39. The largest absolute Gasteiger partial charge is 0.309 e. The molecule has 1 aliphatic carbocycles. The maximum absolute atomic E-state index is 12.7. The molecule has 0 aromatic heterocycles. The summed E-state index contributed by atoms with van der Waals surface area (Å²) in [6, 6.07) is 12.5. The summed E-state index contributed by atoms with van der Waals surface area (Å²) in [5, 5.41) is 0.658. The van der Waals surface area contributed by atoms with Gasteiger partial charge in [-0.15, -0.1) is 0 Å². The summed E-state index contributed by atoms with van der Waals surface area (Å²) in [5.41, 5.74) is 2.79. The number of hydrogen-bond acceptors (Lipinski definition) is 3. The van der Waals surface area contributed by atoms with Crippen LogP contribution >= 0.6 is 11.6 Å². The first-order valence-electron chi connectivity index (χ1n) is 9.55. The standard InChI is InChI=1S/C21H23ClN2O3S/c1-14-12-17-13-19(8-9-20(17)24(14)21(25)16-4-5-16)28(26,27)23-11-10-15-2-6-18(22)7-3-15/h2-3,6-9,13-14,16,23H,4-5,10-12H2,1H3. The fourth-order valence-electron chi connectivity index (χ4n) is 3.70. The number of carbonyl (C=O) groups is 1. The Kier molecular flexibility index (Phi) is 5.21. The van der Waals surface area contributed by atoms with E-state index in [9.17, 15) is 13.2 Å². The fourth-order valence-corrected chi connectivity index (χ4v) is 4.91. The molecule has 2 aromatic rings. The molecule has 1 aliphatic heterocycles. The van der Waals surface area contributed by atoms with E-state index in [2.05, 4.69) is 4.72 Å². The minimum Gasteiger partial charge on any atom is -0.309 e. The van der Waals surface area contributed by atoms with E-state index in [1.807, 2.05) is 24.0 Å². The molecule has 7 heteroatoms. The Labute approximate surface area is 170 Å². The van der Waals surface area contributed by atoms with Crippen LogP contribution in [0.2, 0.25) is 5.02 Å². The van der Waals surface area contributed by atoms with Gasteiger partial charge in [0.25, 0.3) is 0 Å². The Morgan fingerprint density at radius 3 is 2.57 bits per heavy atom. The third-order valence-electron chi connectivity index (χ3n) is 5.36. The molecule has 1 fully saturated rings. The molecule has 4 rings (SSSR count). The molecular weight excluding hydrogens is 396 g/mol. The van der Waals surface area contributed by atoms with Gasteiger partial charge in [0.05, 0.1) is 4.90 Å². The molecule has 1 N–H and O–H groups in total. The van der Waals surface area contributed by atoms with Crippen LogP contribution in [0.4, 0.5) is 5.69 Å². The Balaban J connectivity index is 1.46. The van der Waals surface area contributed by atoms with Crippen molar-refractivity contribution in [1.29, 1.82) is 0 Å². The average molecular weight is 419 g/mol. The number of sulfonamides is 1. The zero-order chi connectivity index (χ0) is 19.9. The highest BCUT2D eigenvalue weighted by Crippen LogP contribution is 2.39. The lowest BCUT2D eigenvalue weighted by molar-refractivity contribution is -0.120. The Hall–Kier alpha value is -1.89. The summed E-state index contributed by atoms with van der Waals surface area (Å²) in [6.45, 7) is 2.32. The van der Waals surface area contributed by atoms with E-state index in [0.717, 1.165) is 29.7 Å². The van der Waals surface area contributed by atoms with Crippen molar-refractivity contribution in [3.8, 4) is 0 Å². The van der Waals surface area contributed by atoms with Gasteiger partial charge in [0.2, 0.25) is 15.9 Å². The lowest BCUT2D eigenvalue weighted by Crippen LogP contribution is -2.36. The van der Waals surface area contributed by atoms with Crippen molar-refractivity contribution < 1.29 is 13.2 Å². The molecule has 0 bridgehead atoms. The van der Waals surface area contributed by atoms with Crippen LogP contribution in [0.1, 0.15) is 30.9 Å². The van der Waals surface area contributed by atoms with Crippen LogP contribution in [0.5, 0.6) is 0 Å². The second-order valence-electron chi connectivity index (χ2n) is 7.60. The average Bonchev–Trinajstić information content (AvgIpc) is 3.45. The van der Waals surface area contributed by atoms with Crippen LogP contribution < -0.4 is 9.62 Å². The molecule has 1 atom stereocenters. The predicted molar refractivity (Wildman–Crippen MR) is 110 cm³/mol. The van der Waals surface area contributed by atoms with Crippen molar-refractivity contribution >= 4 is 33.2 Å². The van der Waals surface area contributed by atoms with Gasteiger partial charge in [0.15, 0.2) is 0 Å². The highest BCUT2D eigenvalue weighted by molar-refractivity contribution is 7.89. The summed E-state index contributed by atoms with van der Waals surface area (Å²) in [5.74, 6) is 0.314.